The van der Waals surface area contributed by atoms with Crippen molar-refractivity contribution in [3.05, 3.63) is 168 Å². The van der Waals surface area contributed by atoms with Crippen LogP contribution >= 0.6 is 0 Å². The molecule has 236 valence electrons. The summed E-state index contributed by atoms with van der Waals surface area (Å²) in [6, 6.07) is 48.1. The Morgan fingerprint density at radius 1 is 0.431 bits per heavy atom. The summed E-state index contributed by atoms with van der Waals surface area (Å²) >= 11 is 0. The van der Waals surface area contributed by atoms with Crippen LogP contribution in [0.1, 0.15) is 28.2 Å². The van der Waals surface area contributed by atoms with Crippen LogP contribution in [0.5, 0.6) is 0 Å². The van der Waals surface area contributed by atoms with Gasteiger partial charge in [0.1, 0.15) is 34.9 Å². The van der Waals surface area contributed by atoms with Crippen LogP contribution in [0.3, 0.4) is 0 Å². The second-order valence-corrected chi connectivity index (χ2v) is 13.0. The molecule has 0 bridgehead atoms. The van der Waals surface area contributed by atoms with Crippen molar-refractivity contribution in [1.29, 1.82) is 15.8 Å². The standard InChI is InChI=1S/C45H26N6/c46-25-34-43(49-37-19-7-1-13-28(37)29-14-2-8-20-38(29)49)35(26-47)45(51-41-23-11-5-17-32(41)33-18-6-12-24-42(33)51)36(27-48)44(34)50-39-21-9-3-15-30(39)31-16-4-10-22-40(31)50/h1-24,28,37H. The first-order chi connectivity index (χ1) is 25.2. The highest BCUT2D eigenvalue weighted by atomic mass is 15.2. The highest BCUT2D eigenvalue weighted by molar-refractivity contribution is 6.12. The second-order valence-electron chi connectivity index (χ2n) is 13.0. The Bertz CT molecular complexity index is 2730. The number of aromatic nitrogens is 2. The first-order valence-corrected chi connectivity index (χ1v) is 16.9. The lowest BCUT2D eigenvalue weighted by Gasteiger charge is -2.32. The summed E-state index contributed by atoms with van der Waals surface area (Å²) in [5.41, 5.74) is 7.76. The number of allylic oxidation sites excluding steroid dienone is 2. The Morgan fingerprint density at radius 3 is 1.29 bits per heavy atom. The van der Waals surface area contributed by atoms with Crippen molar-refractivity contribution in [3.8, 4) is 29.6 Å². The third-order valence-corrected chi connectivity index (χ3v) is 10.6. The average molecular weight is 651 g/mol. The summed E-state index contributed by atoms with van der Waals surface area (Å²) in [7, 11) is 0. The quantitative estimate of drug-likeness (QED) is 0.190. The van der Waals surface area contributed by atoms with Gasteiger partial charge < -0.3 is 14.0 Å². The molecule has 10 rings (SSSR count). The molecule has 6 heteroatoms. The zero-order chi connectivity index (χ0) is 34.2. The number of anilines is 2. The molecule has 6 nitrogen and oxygen atoms in total. The number of benzene rings is 6. The van der Waals surface area contributed by atoms with E-state index in [9.17, 15) is 15.8 Å². The van der Waals surface area contributed by atoms with E-state index in [1.165, 1.54) is 0 Å². The predicted molar refractivity (Wildman–Crippen MR) is 203 cm³/mol. The van der Waals surface area contributed by atoms with E-state index >= 15 is 0 Å². The first kappa shape index (κ1) is 28.7. The van der Waals surface area contributed by atoms with Crippen molar-refractivity contribution in [1.82, 2.24) is 9.13 Å². The van der Waals surface area contributed by atoms with Crippen LogP contribution in [-0.4, -0.2) is 15.2 Å². The molecule has 2 aromatic heterocycles. The summed E-state index contributed by atoms with van der Waals surface area (Å²) in [4.78, 5) is 2.16. The van der Waals surface area contributed by atoms with Crippen molar-refractivity contribution in [2.24, 2.45) is 0 Å². The van der Waals surface area contributed by atoms with E-state index in [2.05, 4.69) is 86.9 Å². The van der Waals surface area contributed by atoms with E-state index in [0.29, 0.717) is 17.1 Å². The molecular weight excluding hydrogens is 625 g/mol. The molecule has 2 unspecified atom stereocenters. The third-order valence-electron chi connectivity index (χ3n) is 10.6. The van der Waals surface area contributed by atoms with E-state index in [4.69, 9.17) is 0 Å². The zero-order valence-corrected chi connectivity index (χ0v) is 27.2. The normalized spacial score (nSPS) is 16.0. The summed E-state index contributed by atoms with van der Waals surface area (Å²) in [5.74, 6) is 0.0216. The van der Waals surface area contributed by atoms with Crippen LogP contribution in [0.2, 0.25) is 0 Å². The Morgan fingerprint density at radius 2 is 0.824 bits per heavy atom. The second kappa shape index (κ2) is 10.8. The topological polar surface area (TPSA) is 84.5 Å². The van der Waals surface area contributed by atoms with E-state index in [1.807, 2.05) is 91.0 Å². The Hall–Kier alpha value is -7.33. The van der Waals surface area contributed by atoms with Gasteiger partial charge >= 0.3 is 0 Å². The van der Waals surface area contributed by atoms with Gasteiger partial charge in [0.2, 0.25) is 0 Å². The average Bonchev–Trinajstić information content (AvgIpc) is 3.82. The molecule has 3 heterocycles. The maximum Gasteiger partial charge on any atom is 0.104 e. The molecule has 0 radical (unpaired) electrons. The lowest BCUT2D eigenvalue weighted by Crippen LogP contribution is -2.31. The number of para-hydroxylation sites is 5. The Labute approximate surface area is 293 Å². The first-order valence-electron chi connectivity index (χ1n) is 16.9. The highest BCUT2D eigenvalue weighted by Gasteiger charge is 2.42. The minimum absolute atomic E-state index is 0.0216. The molecule has 0 saturated carbocycles. The molecule has 0 amide bonds. The van der Waals surface area contributed by atoms with Crippen molar-refractivity contribution >= 4 is 55.0 Å². The van der Waals surface area contributed by atoms with Crippen molar-refractivity contribution in [2.45, 2.75) is 12.0 Å². The molecule has 0 saturated heterocycles. The minimum Gasteiger partial charge on any atom is -0.331 e. The van der Waals surface area contributed by atoms with Gasteiger partial charge in [0, 0.05) is 33.2 Å². The molecule has 1 aliphatic heterocycles. The van der Waals surface area contributed by atoms with Crippen molar-refractivity contribution in [3.63, 3.8) is 0 Å². The lowest BCUT2D eigenvalue weighted by atomic mass is 9.91. The van der Waals surface area contributed by atoms with Crippen LogP contribution < -0.4 is 4.90 Å². The fourth-order valence-electron chi connectivity index (χ4n) is 8.59. The van der Waals surface area contributed by atoms with Crippen LogP contribution in [0.15, 0.2) is 146 Å². The van der Waals surface area contributed by atoms with E-state index in [0.717, 1.165) is 54.9 Å². The van der Waals surface area contributed by atoms with Gasteiger partial charge in [-0.3, -0.25) is 0 Å². The summed E-state index contributed by atoms with van der Waals surface area (Å²) in [6.45, 7) is 0. The summed E-state index contributed by atoms with van der Waals surface area (Å²) < 4.78 is 4.11. The maximum absolute atomic E-state index is 11.4. The monoisotopic (exact) mass is 650 g/mol. The smallest absolute Gasteiger partial charge is 0.104 e. The van der Waals surface area contributed by atoms with Crippen LogP contribution in [-0.2, 0) is 0 Å². The molecule has 51 heavy (non-hydrogen) atoms. The fourth-order valence-corrected chi connectivity index (χ4v) is 8.59. The summed E-state index contributed by atoms with van der Waals surface area (Å²) in [5, 5.41) is 38.2. The number of rotatable bonds is 3. The predicted octanol–water partition coefficient (Wildman–Crippen LogP) is 10.2. The zero-order valence-electron chi connectivity index (χ0n) is 27.2. The number of nitriles is 3. The van der Waals surface area contributed by atoms with Gasteiger partial charge in [-0.2, -0.15) is 15.8 Å². The van der Waals surface area contributed by atoms with Gasteiger partial charge in [-0.25, -0.2) is 0 Å². The van der Waals surface area contributed by atoms with E-state index in [-0.39, 0.29) is 28.7 Å². The van der Waals surface area contributed by atoms with E-state index in [1.54, 1.807) is 0 Å². The van der Waals surface area contributed by atoms with Gasteiger partial charge in [0.05, 0.1) is 45.2 Å². The number of fused-ring (bicyclic) bond motifs is 9. The Balaban J connectivity index is 1.47. The minimum atomic E-state index is -0.184. The molecule has 0 spiro atoms. The molecule has 0 fully saturated rings. The van der Waals surface area contributed by atoms with Gasteiger partial charge in [-0.15, -0.1) is 0 Å². The maximum atomic E-state index is 11.4. The van der Waals surface area contributed by atoms with Gasteiger partial charge in [-0.1, -0.05) is 115 Å². The van der Waals surface area contributed by atoms with Gasteiger partial charge in [0.15, 0.2) is 0 Å². The van der Waals surface area contributed by atoms with Crippen molar-refractivity contribution < 1.29 is 0 Å². The highest BCUT2D eigenvalue weighted by Crippen LogP contribution is 2.52. The van der Waals surface area contributed by atoms with Gasteiger partial charge in [-0.05, 0) is 35.9 Å². The number of hydrogen-bond acceptors (Lipinski definition) is 4. The molecule has 2 atom stereocenters. The fraction of sp³-hybridized carbons (Fsp3) is 0.0444. The molecule has 8 aromatic rings. The van der Waals surface area contributed by atoms with Crippen molar-refractivity contribution in [2.75, 3.05) is 4.90 Å². The molecular formula is C45H26N6. The number of nitrogens with zero attached hydrogens (tertiary/aromatic N) is 6. The van der Waals surface area contributed by atoms with Gasteiger partial charge in [0.25, 0.3) is 0 Å². The Kier molecular flexibility index (Phi) is 6.09. The van der Waals surface area contributed by atoms with Crippen LogP contribution in [0, 0.1) is 34.0 Å². The molecule has 6 aromatic carbocycles. The molecule has 1 aliphatic carbocycles. The summed E-state index contributed by atoms with van der Waals surface area (Å²) in [6.07, 6.45) is 8.42. The SMILES string of the molecule is N#Cc1c(N2c3ccccc3C3C=CC=CC32)c(C#N)c(-n2c3ccccc3c3ccccc32)c(C#N)c1-n1c2ccccc2c2ccccc21. The lowest BCUT2D eigenvalue weighted by molar-refractivity contribution is 0.743. The van der Waals surface area contributed by atoms with E-state index < -0.39 is 0 Å². The molecule has 2 aliphatic rings. The van der Waals surface area contributed by atoms with Crippen LogP contribution in [0.25, 0.3) is 55.0 Å². The largest absolute Gasteiger partial charge is 0.331 e. The number of hydrogen-bond donors (Lipinski definition) is 0. The third kappa shape index (κ3) is 3.78. The molecule has 0 N–H and O–H groups in total. The van der Waals surface area contributed by atoms with Crippen LogP contribution in [0.4, 0.5) is 11.4 Å².